The van der Waals surface area contributed by atoms with Gasteiger partial charge in [-0.25, -0.2) is 0 Å². The first-order valence-electron chi connectivity index (χ1n) is 19.9. The van der Waals surface area contributed by atoms with Crippen LogP contribution in [0.5, 0.6) is 0 Å². The van der Waals surface area contributed by atoms with Crippen molar-refractivity contribution >= 4 is 60.4 Å². The molecule has 0 aliphatic heterocycles. The Labute approximate surface area is 338 Å². The Balaban J connectivity index is 1.04. The van der Waals surface area contributed by atoms with Crippen LogP contribution in [0.3, 0.4) is 0 Å². The monoisotopic (exact) mass is 738 g/mol. The van der Waals surface area contributed by atoms with Gasteiger partial charge in [-0.05, 0) is 128 Å². The lowest BCUT2D eigenvalue weighted by molar-refractivity contribution is 1.18. The van der Waals surface area contributed by atoms with Gasteiger partial charge >= 0.3 is 0 Å². The second kappa shape index (κ2) is 14.1. The predicted molar refractivity (Wildman–Crippen MR) is 247 cm³/mol. The van der Waals surface area contributed by atoms with E-state index in [2.05, 4.69) is 240 Å². The van der Waals surface area contributed by atoms with Gasteiger partial charge in [-0.3, -0.25) is 0 Å². The highest BCUT2D eigenvalue weighted by molar-refractivity contribution is 6.16. The molecule has 0 fully saturated rings. The summed E-state index contributed by atoms with van der Waals surface area (Å²) in [4.78, 5) is 2.38. The standard InChI is InChI=1S/C56H38N2/c1-2-17-48(18-3-1)58-54-22-9-8-20-53(54)56-52(21-11-23-55(56)58)47-16-10-19-51(38-47)57(49-32-28-41(29-33-49)45-26-24-39-12-4-6-14-43(39)36-45)50-34-30-42(31-35-50)46-27-25-40-13-5-7-15-44(40)37-46/h1-38H. The van der Waals surface area contributed by atoms with E-state index in [9.17, 15) is 0 Å². The van der Waals surface area contributed by atoms with Crippen molar-refractivity contribution in [2.24, 2.45) is 0 Å². The van der Waals surface area contributed by atoms with Crippen molar-refractivity contribution < 1.29 is 0 Å². The van der Waals surface area contributed by atoms with Gasteiger partial charge in [0.1, 0.15) is 0 Å². The zero-order valence-electron chi connectivity index (χ0n) is 31.8. The van der Waals surface area contributed by atoms with Gasteiger partial charge in [0.2, 0.25) is 0 Å². The molecule has 58 heavy (non-hydrogen) atoms. The Morgan fingerprint density at radius 2 is 0.810 bits per heavy atom. The molecular formula is C56H38N2. The molecular weight excluding hydrogens is 701 g/mol. The third kappa shape index (κ3) is 5.91. The number of nitrogens with zero attached hydrogens (tertiary/aromatic N) is 2. The minimum absolute atomic E-state index is 1.10. The van der Waals surface area contributed by atoms with Crippen LogP contribution in [0.1, 0.15) is 0 Å². The molecule has 0 saturated carbocycles. The minimum atomic E-state index is 1.10. The fraction of sp³-hybridized carbons (Fsp3) is 0. The zero-order valence-corrected chi connectivity index (χ0v) is 31.8. The number of anilines is 3. The van der Waals surface area contributed by atoms with E-state index in [0.717, 1.165) is 22.7 Å². The molecule has 10 aromatic carbocycles. The average molecular weight is 739 g/mol. The summed E-state index contributed by atoms with van der Waals surface area (Å²) in [6.07, 6.45) is 0. The molecule has 0 aliphatic carbocycles. The van der Waals surface area contributed by atoms with E-state index in [1.807, 2.05) is 0 Å². The summed E-state index contributed by atoms with van der Waals surface area (Å²) in [6, 6.07) is 83.7. The minimum Gasteiger partial charge on any atom is -0.310 e. The second-order valence-electron chi connectivity index (χ2n) is 15.0. The molecule has 0 bridgehead atoms. The molecule has 0 N–H and O–H groups in total. The molecule has 272 valence electrons. The molecule has 2 heteroatoms. The normalized spacial score (nSPS) is 11.4. The van der Waals surface area contributed by atoms with Crippen LogP contribution in [0.4, 0.5) is 17.1 Å². The third-order valence-corrected chi connectivity index (χ3v) is 11.5. The van der Waals surface area contributed by atoms with Crippen LogP contribution in [-0.4, -0.2) is 4.57 Å². The van der Waals surface area contributed by atoms with Crippen molar-refractivity contribution in [3.05, 3.63) is 231 Å². The zero-order chi connectivity index (χ0) is 38.4. The van der Waals surface area contributed by atoms with Crippen molar-refractivity contribution in [1.82, 2.24) is 4.57 Å². The summed E-state index contributed by atoms with van der Waals surface area (Å²) in [6.45, 7) is 0. The van der Waals surface area contributed by atoms with Gasteiger partial charge in [-0.1, -0.05) is 158 Å². The first-order chi connectivity index (χ1) is 28.7. The maximum Gasteiger partial charge on any atom is 0.0547 e. The Kier molecular flexibility index (Phi) is 8.19. The van der Waals surface area contributed by atoms with E-state index in [1.54, 1.807) is 0 Å². The summed E-state index contributed by atoms with van der Waals surface area (Å²) in [7, 11) is 0. The fourth-order valence-electron chi connectivity index (χ4n) is 8.72. The van der Waals surface area contributed by atoms with E-state index < -0.39 is 0 Å². The average Bonchev–Trinajstić information content (AvgIpc) is 3.64. The molecule has 0 atom stereocenters. The fourth-order valence-corrected chi connectivity index (χ4v) is 8.72. The summed E-state index contributed by atoms with van der Waals surface area (Å²) in [5.74, 6) is 0. The lowest BCUT2D eigenvalue weighted by Gasteiger charge is -2.26. The molecule has 0 saturated heterocycles. The first-order valence-corrected chi connectivity index (χ1v) is 19.9. The first kappa shape index (κ1) is 33.6. The summed E-state index contributed by atoms with van der Waals surface area (Å²) < 4.78 is 2.39. The van der Waals surface area contributed by atoms with Crippen LogP contribution < -0.4 is 4.90 Å². The molecule has 11 rings (SSSR count). The number of hydrogen-bond acceptors (Lipinski definition) is 1. The summed E-state index contributed by atoms with van der Waals surface area (Å²) >= 11 is 0. The quantitative estimate of drug-likeness (QED) is 0.158. The Bertz CT molecular complexity index is 3140. The van der Waals surface area contributed by atoms with Crippen LogP contribution in [0.2, 0.25) is 0 Å². The van der Waals surface area contributed by atoms with Crippen molar-refractivity contribution in [1.29, 1.82) is 0 Å². The number of para-hydroxylation sites is 2. The molecule has 0 spiro atoms. The third-order valence-electron chi connectivity index (χ3n) is 11.5. The summed E-state index contributed by atoms with van der Waals surface area (Å²) in [5.41, 5.74) is 14.0. The lowest BCUT2D eigenvalue weighted by atomic mass is 9.98. The Morgan fingerprint density at radius 1 is 0.293 bits per heavy atom. The molecule has 11 aromatic rings. The predicted octanol–water partition coefficient (Wildman–Crippen LogP) is 15.6. The van der Waals surface area contributed by atoms with Crippen molar-refractivity contribution in [2.75, 3.05) is 4.90 Å². The molecule has 0 radical (unpaired) electrons. The van der Waals surface area contributed by atoms with E-state index in [0.29, 0.717) is 0 Å². The van der Waals surface area contributed by atoms with E-state index in [-0.39, 0.29) is 0 Å². The van der Waals surface area contributed by atoms with Gasteiger partial charge in [-0.2, -0.15) is 0 Å². The number of benzene rings is 10. The summed E-state index contributed by atoms with van der Waals surface area (Å²) in [5, 5.41) is 7.49. The highest BCUT2D eigenvalue weighted by Gasteiger charge is 2.18. The number of hydrogen-bond donors (Lipinski definition) is 0. The molecule has 0 amide bonds. The largest absolute Gasteiger partial charge is 0.310 e. The molecule has 2 nitrogen and oxygen atoms in total. The molecule has 1 heterocycles. The van der Waals surface area contributed by atoms with Gasteiger partial charge in [-0.15, -0.1) is 0 Å². The van der Waals surface area contributed by atoms with Crippen molar-refractivity contribution in [2.45, 2.75) is 0 Å². The SMILES string of the molecule is c1ccc(-n2c3ccccc3c3c(-c4cccc(N(c5ccc(-c6ccc7ccccc7c6)cc5)c5ccc(-c6ccc7ccccc7c6)cc5)c4)cccc32)cc1. The highest BCUT2D eigenvalue weighted by Crippen LogP contribution is 2.42. The van der Waals surface area contributed by atoms with Crippen LogP contribution in [-0.2, 0) is 0 Å². The van der Waals surface area contributed by atoms with Crippen LogP contribution in [0.25, 0.3) is 82.4 Å². The van der Waals surface area contributed by atoms with Gasteiger partial charge in [0.15, 0.2) is 0 Å². The number of rotatable bonds is 7. The second-order valence-corrected chi connectivity index (χ2v) is 15.0. The van der Waals surface area contributed by atoms with E-state index >= 15 is 0 Å². The van der Waals surface area contributed by atoms with E-state index in [4.69, 9.17) is 0 Å². The molecule has 1 aromatic heterocycles. The maximum absolute atomic E-state index is 2.39. The molecule has 0 aliphatic rings. The van der Waals surface area contributed by atoms with Crippen molar-refractivity contribution in [3.8, 4) is 39.1 Å². The van der Waals surface area contributed by atoms with Crippen LogP contribution in [0.15, 0.2) is 231 Å². The number of aromatic nitrogens is 1. The topological polar surface area (TPSA) is 8.17 Å². The number of fused-ring (bicyclic) bond motifs is 5. The van der Waals surface area contributed by atoms with E-state index in [1.165, 1.54) is 76.7 Å². The van der Waals surface area contributed by atoms with Crippen LogP contribution in [0, 0.1) is 0 Å². The smallest absolute Gasteiger partial charge is 0.0547 e. The van der Waals surface area contributed by atoms with Crippen molar-refractivity contribution in [3.63, 3.8) is 0 Å². The van der Waals surface area contributed by atoms with Gasteiger partial charge in [0, 0.05) is 33.5 Å². The Morgan fingerprint density at radius 3 is 1.45 bits per heavy atom. The Hall–Kier alpha value is -7.68. The van der Waals surface area contributed by atoms with Crippen LogP contribution >= 0.6 is 0 Å². The van der Waals surface area contributed by atoms with Gasteiger partial charge < -0.3 is 9.47 Å². The highest BCUT2D eigenvalue weighted by atomic mass is 15.1. The van der Waals surface area contributed by atoms with Gasteiger partial charge in [0.05, 0.1) is 11.0 Å². The molecule has 0 unspecified atom stereocenters. The van der Waals surface area contributed by atoms with Gasteiger partial charge in [0.25, 0.3) is 0 Å². The lowest BCUT2D eigenvalue weighted by Crippen LogP contribution is -2.10. The maximum atomic E-state index is 2.39.